The zero-order chi connectivity index (χ0) is 20.2. The van der Waals surface area contributed by atoms with E-state index in [2.05, 4.69) is 25.0 Å². The van der Waals surface area contributed by atoms with E-state index in [0.29, 0.717) is 16.9 Å². The molecule has 0 spiro atoms. The molecular formula is C18H29F2N3O3Si. The summed E-state index contributed by atoms with van der Waals surface area (Å²) in [6.45, 7) is 7.33. The molecule has 1 amide bonds. The molecule has 1 aliphatic rings. The molecule has 0 aromatic carbocycles. The number of pyridine rings is 1. The molecule has 1 aromatic rings. The van der Waals surface area contributed by atoms with E-state index in [0.717, 1.165) is 6.04 Å². The number of rotatable bonds is 6. The summed E-state index contributed by atoms with van der Waals surface area (Å²) in [6, 6.07) is 3.74. The second kappa shape index (κ2) is 8.51. The molecule has 1 N–H and O–H groups in total. The molecule has 1 aromatic heterocycles. The van der Waals surface area contributed by atoms with Crippen LogP contribution < -0.4 is 10.0 Å². The molecule has 1 saturated heterocycles. The predicted molar refractivity (Wildman–Crippen MR) is 102 cm³/mol. The minimum Gasteiger partial charge on any atom is -0.618 e. The molecular weight excluding hydrogens is 372 g/mol. The summed E-state index contributed by atoms with van der Waals surface area (Å²) in [6.07, 6.45) is 0.464. The summed E-state index contributed by atoms with van der Waals surface area (Å²) in [7, 11) is 0.219. The number of piperidine rings is 1. The normalized spacial score (nSPS) is 19.6. The molecule has 1 atom stereocenters. The minimum absolute atomic E-state index is 0.00512. The highest BCUT2D eigenvalue weighted by Gasteiger charge is 2.42. The van der Waals surface area contributed by atoms with Crippen molar-refractivity contribution in [1.29, 1.82) is 0 Å². The Morgan fingerprint density at radius 2 is 2.19 bits per heavy atom. The maximum atomic E-state index is 14.2. The van der Waals surface area contributed by atoms with Crippen LogP contribution in [-0.4, -0.2) is 51.7 Å². The van der Waals surface area contributed by atoms with Crippen molar-refractivity contribution in [2.45, 2.75) is 50.5 Å². The van der Waals surface area contributed by atoms with Crippen molar-refractivity contribution in [2.24, 2.45) is 0 Å². The number of hydrogen-bond acceptors (Lipinski definition) is 4. The van der Waals surface area contributed by atoms with Crippen molar-refractivity contribution in [1.82, 2.24) is 10.2 Å². The van der Waals surface area contributed by atoms with Crippen LogP contribution in [0.15, 0.2) is 18.3 Å². The number of ether oxygens (including phenoxy) is 1. The molecule has 27 heavy (non-hydrogen) atoms. The number of nitrogens with zero attached hydrogens (tertiary/aromatic N) is 2. The summed E-state index contributed by atoms with van der Waals surface area (Å²) in [4.78, 5) is 13.4. The molecule has 6 nitrogen and oxygen atoms in total. The molecule has 2 rings (SSSR count). The summed E-state index contributed by atoms with van der Waals surface area (Å²) >= 11 is 0. The highest BCUT2D eigenvalue weighted by atomic mass is 28.3. The van der Waals surface area contributed by atoms with E-state index in [4.69, 9.17) is 4.74 Å². The number of aromatic nitrogens is 1. The maximum absolute atomic E-state index is 14.2. The van der Waals surface area contributed by atoms with Gasteiger partial charge in [-0.1, -0.05) is 19.6 Å². The van der Waals surface area contributed by atoms with Gasteiger partial charge in [0.1, 0.15) is 6.54 Å². The first-order chi connectivity index (χ1) is 12.5. The summed E-state index contributed by atoms with van der Waals surface area (Å²) < 4.78 is 34.3. The van der Waals surface area contributed by atoms with Crippen LogP contribution in [0.5, 0.6) is 0 Å². The van der Waals surface area contributed by atoms with Gasteiger partial charge < -0.3 is 20.2 Å². The van der Waals surface area contributed by atoms with Crippen LogP contribution in [-0.2, 0) is 11.3 Å². The summed E-state index contributed by atoms with van der Waals surface area (Å²) in [5.74, 6) is -3.81. The second-order valence-electron chi connectivity index (χ2n) is 8.33. The van der Waals surface area contributed by atoms with E-state index in [-0.39, 0.29) is 31.7 Å². The molecule has 152 valence electrons. The first kappa shape index (κ1) is 21.6. The molecule has 1 aliphatic heterocycles. The first-order valence-corrected chi connectivity index (χ1v) is 12.9. The van der Waals surface area contributed by atoms with E-state index >= 15 is 0 Å². The monoisotopic (exact) mass is 401 g/mol. The van der Waals surface area contributed by atoms with Gasteiger partial charge in [0.2, 0.25) is 5.69 Å². The Hall–Kier alpha value is -1.74. The van der Waals surface area contributed by atoms with Crippen LogP contribution in [0.4, 0.5) is 13.6 Å². The number of carbonyl (C=O) groups excluding carboxylic acids is 1. The van der Waals surface area contributed by atoms with Crippen molar-refractivity contribution in [3.63, 3.8) is 0 Å². The average Bonchev–Trinajstić information content (AvgIpc) is 2.55. The van der Waals surface area contributed by atoms with Gasteiger partial charge in [0.25, 0.3) is 5.92 Å². The van der Waals surface area contributed by atoms with Gasteiger partial charge in [-0.05, 0) is 11.6 Å². The van der Waals surface area contributed by atoms with Gasteiger partial charge in [-0.25, -0.2) is 13.6 Å². The zero-order valence-electron chi connectivity index (χ0n) is 16.4. The number of alkyl halides is 2. The standard InChI is InChI=1S/C18H29F2N3O3Si/c1-22(17(24)26-9-10-27(2,3)4)13-15-11-14(5-8-23(15)25)16-12-21-7-6-18(16,19)20/h5,8,11,16,21H,6-7,9-10,12-13H2,1-4H3. The molecule has 1 fully saturated rings. The maximum Gasteiger partial charge on any atom is 0.410 e. The molecule has 0 bridgehead atoms. The highest BCUT2D eigenvalue weighted by Crippen LogP contribution is 2.37. The third-order valence-electron chi connectivity index (χ3n) is 4.70. The van der Waals surface area contributed by atoms with Crippen molar-refractivity contribution >= 4 is 14.2 Å². The van der Waals surface area contributed by atoms with Gasteiger partial charge in [-0.15, -0.1) is 0 Å². The van der Waals surface area contributed by atoms with E-state index in [1.807, 2.05) is 0 Å². The smallest absolute Gasteiger partial charge is 0.410 e. The highest BCUT2D eigenvalue weighted by molar-refractivity contribution is 6.76. The third kappa shape index (κ3) is 6.13. The third-order valence-corrected chi connectivity index (χ3v) is 6.41. The Morgan fingerprint density at radius 3 is 2.81 bits per heavy atom. The van der Waals surface area contributed by atoms with Crippen molar-refractivity contribution in [3.8, 4) is 0 Å². The van der Waals surface area contributed by atoms with Crippen LogP contribution >= 0.6 is 0 Å². The van der Waals surface area contributed by atoms with E-state index in [1.165, 1.54) is 30.3 Å². The van der Waals surface area contributed by atoms with E-state index in [1.54, 1.807) is 0 Å². The zero-order valence-corrected chi connectivity index (χ0v) is 17.4. The van der Waals surface area contributed by atoms with Gasteiger partial charge in [0.15, 0.2) is 6.20 Å². The van der Waals surface area contributed by atoms with Crippen LogP contribution in [0.2, 0.25) is 25.7 Å². The molecule has 9 heteroatoms. The lowest BCUT2D eigenvalue weighted by Gasteiger charge is -2.32. The van der Waals surface area contributed by atoms with Gasteiger partial charge in [0, 0.05) is 46.8 Å². The molecule has 0 radical (unpaired) electrons. The Morgan fingerprint density at radius 1 is 1.48 bits per heavy atom. The van der Waals surface area contributed by atoms with E-state index < -0.39 is 26.0 Å². The summed E-state index contributed by atoms with van der Waals surface area (Å²) in [5, 5.41) is 15.0. The van der Waals surface area contributed by atoms with Crippen molar-refractivity contribution in [2.75, 3.05) is 26.7 Å². The fraction of sp³-hybridized carbons (Fsp3) is 0.667. The lowest BCUT2D eigenvalue weighted by Crippen LogP contribution is -2.44. The second-order valence-corrected chi connectivity index (χ2v) is 13.9. The first-order valence-electron chi connectivity index (χ1n) is 9.18. The number of nitrogens with one attached hydrogen (secondary N) is 1. The number of hydrogen-bond donors (Lipinski definition) is 1. The lowest BCUT2D eigenvalue weighted by atomic mass is 9.88. The van der Waals surface area contributed by atoms with Gasteiger partial charge in [0.05, 0.1) is 12.5 Å². The average molecular weight is 402 g/mol. The van der Waals surface area contributed by atoms with Crippen LogP contribution in [0.1, 0.15) is 23.6 Å². The van der Waals surface area contributed by atoms with Gasteiger partial charge >= 0.3 is 6.09 Å². The van der Waals surface area contributed by atoms with Gasteiger partial charge in [-0.3, -0.25) is 0 Å². The van der Waals surface area contributed by atoms with Crippen LogP contribution in [0.3, 0.4) is 0 Å². The number of amides is 1. The van der Waals surface area contributed by atoms with Crippen molar-refractivity contribution < 1.29 is 23.0 Å². The van der Waals surface area contributed by atoms with Crippen LogP contribution in [0, 0.1) is 5.21 Å². The topological polar surface area (TPSA) is 68.5 Å². The molecule has 0 aliphatic carbocycles. The van der Waals surface area contributed by atoms with E-state index in [9.17, 15) is 18.8 Å². The molecule has 2 heterocycles. The Balaban J connectivity index is 2.04. The summed E-state index contributed by atoms with van der Waals surface area (Å²) in [5.41, 5.74) is 0.633. The Bertz CT molecular complexity index is 668. The Kier molecular flexibility index (Phi) is 6.80. The quantitative estimate of drug-likeness (QED) is 0.452. The fourth-order valence-corrected chi connectivity index (χ4v) is 3.65. The van der Waals surface area contributed by atoms with Crippen molar-refractivity contribution in [3.05, 3.63) is 34.8 Å². The molecule has 0 saturated carbocycles. The fourth-order valence-electron chi connectivity index (χ4n) is 2.93. The largest absolute Gasteiger partial charge is 0.618 e. The predicted octanol–water partition coefficient (Wildman–Crippen LogP) is 2.94. The Labute approximate surface area is 160 Å². The number of carbonyl (C=O) groups is 1. The number of halogens is 2. The van der Waals surface area contributed by atoms with Gasteiger partial charge in [-0.2, -0.15) is 4.73 Å². The lowest BCUT2D eigenvalue weighted by molar-refractivity contribution is -0.615. The minimum atomic E-state index is -2.82. The molecule has 1 unspecified atom stereocenters. The SMILES string of the molecule is CN(Cc1cc(C2CNCCC2(F)F)cc[n+]1[O-])C(=O)OCC[Si](C)(C)C. The van der Waals surface area contributed by atoms with Crippen LogP contribution in [0.25, 0.3) is 0 Å².